The van der Waals surface area contributed by atoms with Crippen molar-refractivity contribution < 1.29 is 30.6 Å². The summed E-state index contributed by atoms with van der Waals surface area (Å²) in [5.41, 5.74) is 1.39. The van der Waals surface area contributed by atoms with Crippen molar-refractivity contribution in [1.29, 1.82) is 0 Å². The van der Waals surface area contributed by atoms with Crippen molar-refractivity contribution in [2.45, 2.75) is 392 Å². The van der Waals surface area contributed by atoms with Crippen LogP contribution in [-0.2, 0) is 0 Å². The van der Waals surface area contributed by atoms with Crippen LogP contribution in [0, 0.1) is 151 Å². The van der Waals surface area contributed by atoms with E-state index in [-0.39, 0.29) is 7.43 Å². The van der Waals surface area contributed by atoms with E-state index in [2.05, 4.69) is 124 Å². The first-order valence-electron chi connectivity index (χ1n) is 40.9. The third kappa shape index (κ3) is 14.5. The Morgan fingerprint density at radius 3 is 1.04 bits per heavy atom. The van der Waals surface area contributed by atoms with Crippen molar-refractivity contribution >= 4 is 0 Å². The molecule has 0 bridgehead atoms. The van der Waals surface area contributed by atoms with Crippen LogP contribution in [0.4, 0.5) is 0 Å². The number of fused-ring (bicyclic) bond motifs is 15. The predicted octanol–water partition coefficient (Wildman–Crippen LogP) is 22.2. The molecule has 12 rings (SSSR count). The van der Waals surface area contributed by atoms with Crippen molar-refractivity contribution in [3.05, 3.63) is 11.6 Å². The molecule has 0 aromatic rings. The minimum Gasteiger partial charge on any atom is -0.390 e. The van der Waals surface area contributed by atoms with E-state index in [0.717, 1.165) is 147 Å². The molecule has 6 N–H and O–H groups in total. The SMILES string of the molecule is C.CC(C)C(C)(O)CC[C@@H](C)[C@H]1CC[C@H]2[C@@H]3CC=C4C[C@@](C)(O)CC[C@]4(C)[C@H]3CC[C@]12C.CC(C)C(C)(O)CC[C@@H](C)[C@H]1CC[C@H]2[C@@H]3CC[C@@H]4C[C@@](C)(O)CC[C@]4(C)[C@H]3CC[C@]12C.CC(C)C(C)(O)CC[C@@H](C)[C@H]1CC[C@H]2[C@@H]3CC[C@H]4C[C@@](C)(O)CC[C@]4(C)[C@H]3CC[C@]12C. The van der Waals surface area contributed by atoms with Crippen molar-refractivity contribution in [2.75, 3.05) is 0 Å². The van der Waals surface area contributed by atoms with Gasteiger partial charge in [-0.2, -0.15) is 0 Å². The van der Waals surface area contributed by atoms with Gasteiger partial charge in [0, 0.05) is 0 Å². The molecule has 546 valence electrons. The molecule has 3 unspecified atom stereocenters. The second-order valence-corrected chi connectivity index (χ2v) is 41.9. The van der Waals surface area contributed by atoms with Gasteiger partial charge in [0.2, 0.25) is 0 Å². The van der Waals surface area contributed by atoms with Gasteiger partial charge in [-0.15, -0.1) is 0 Å². The fourth-order valence-electron chi connectivity index (χ4n) is 27.6. The number of hydrogen-bond acceptors (Lipinski definition) is 6. The van der Waals surface area contributed by atoms with Gasteiger partial charge >= 0.3 is 0 Å². The Bertz CT molecular complexity index is 2440. The summed E-state index contributed by atoms with van der Waals surface area (Å²) in [4.78, 5) is 0. The molecule has 0 heterocycles. The van der Waals surface area contributed by atoms with Crippen LogP contribution in [-0.4, -0.2) is 64.2 Å². The molecule has 11 fully saturated rings. The Hall–Kier alpha value is -0.500. The van der Waals surface area contributed by atoms with Gasteiger partial charge in [0.1, 0.15) is 0 Å². The van der Waals surface area contributed by atoms with Crippen LogP contribution < -0.4 is 0 Å². The Labute approximate surface area is 582 Å². The lowest BCUT2D eigenvalue weighted by Gasteiger charge is -2.62. The van der Waals surface area contributed by atoms with Crippen LogP contribution in [0.3, 0.4) is 0 Å². The van der Waals surface area contributed by atoms with Crippen molar-refractivity contribution in [2.24, 2.45) is 151 Å². The van der Waals surface area contributed by atoms with E-state index in [1.54, 1.807) is 5.57 Å². The van der Waals surface area contributed by atoms with Gasteiger partial charge in [-0.05, 0) is 398 Å². The molecule has 0 aromatic heterocycles. The molecular formula is C88H158O6. The fraction of sp³-hybridized carbons (Fsp3) is 0.977. The van der Waals surface area contributed by atoms with Gasteiger partial charge in [-0.1, -0.05) is 123 Å². The first kappa shape index (κ1) is 77.7. The molecule has 12 aliphatic carbocycles. The van der Waals surface area contributed by atoms with Crippen molar-refractivity contribution in [3.8, 4) is 0 Å². The summed E-state index contributed by atoms with van der Waals surface area (Å²) in [6.07, 6.45) is 42.1. The van der Waals surface area contributed by atoms with E-state index in [9.17, 15) is 30.6 Å². The zero-order valence-corrected chi connectivity index (χ0v) is 64.9. The fourth-order valence-corrected chi connectivity index (χ4v) is 27.6. The van der Waals surface area contributed by atoms with E-state index >= 15 is 0 Å². The standard InChI is InChI=1S/2C29H52O2.C29H50O2.CH4/c3*1-19(2)29(7,31)15-12-20(3)23-10-11-24-22-9-8-21-18-26(4,30)16-17-27(21,5)25(22)13-14-28(23,24)6;/h2*19-25,30-31H,8-18H2,1-7H3;8,19-20,22-25,30-31H,9-18H2,1-7H3;1H4/t20-,21+,22+,23-,24+,25+,26+,27+,28-,29?;20-,21-,22+,23-,24+,25+,26+,27+,28-,29?;20-,22+,23-,24+,25+,26+,27+,28-,29?;/m111./s1. The maximum Gasteiger partial charge on any atom is 0.0657 e. The molecule has 12 aliphatic rings. The zero-order valence-electron chi connectivity index (χ0n) is 64.9. The Kier molecular flexibility index (Phi) is 22.8. The number of hydrogen-bond donors (Lipinski definition) is 6. The first-order valence-corrected chi connectivity index (χ1v) is 40.9. The van der Waals surface area contributed by atoms with Gasteiger partial charge < -0.3 is 30.6 Å². The van der Waals surface area contributed by atoms with Crippen LogP contribution in [0.15, 0.2) is 11.6 Å². The van der Waals surface area contributed by atoms with Gasteiger partial charge in [-0.3, -0.25) is 0 Å². The molecule has 0 amide bonds. The molecule has 0 radical (unpaired) electrons. The highest BCUT2D eigenvalue weighted by atomic mass is 16.3. The van der Waals surface area contributed by atoms with Crippen LogP contribution in [0.2, 0.25) is 0 Å². The summed E-state index contributed by atoms with van der Waals surface area (Å²) in [7, 11) is 0. The molecule has 29 atom stereocenters. The van der Waals surface area contributed by atoms with E-state index < -0.39 is 33.6 Å². The monoisotopic (exact) mass is 1310 g/mol. The van der Waals surface area contributed by atoms with Crippen LogP contribution in [0.5, 0.6) is 0 Å². The average molecular weight is 1310 g/mol. The lowest BCUT2D eigenvalue weighted by molar-refractivity contribution is -0.148. The van der Waals surface area contributed by atoms with E-state index in [0.29, 0.717) is 68.0 Å². The molecule has 6 nitrogen and oxygen atoms in total. The Balaban J connectivity index is 0.000000165. The Morgan fingerprint density at radius 1 is 0.372 bits per heavy atom. The second kappa shape index (κ2) is 27.6. The highest BCUT2D eigenvalue weighted by Crippen LogP contribution is 2.72. The number of rotatable bonds is 15. The highest BCUT2D eigenvalue weighted by molar-refractivity contribution is 5.27. The molecule has 0 saturated heterocycles. The molecule has 6 heteroatoms. The molecule has 0 aromatic carbocycles. The summed E-state index contributed by atoms with van der Waals surface area (Å²) < 4.78 is 0. The maximum absolute atomic E-state index is 10.8. The smallest absolute Gasteiger partial charge is 0.0657 e. The van der Waals surface area contributed by atoms with Crippen LogP contribution in [0.25, 0.3) is 0 Å². The molecule has 94 heavy (non-hydrogen) atoms. The van der Waals surface area contributed by atoms with Gasteiger partial charge in [0.15, 0.2) is 0 Å². The van der Waals surface area contributed by atoms with Gasteiger partial charge in [0.05, 0.1) is 33.6 Å². The quantitative estimate of drug-likeness (QED) is 0.0909. The first-order chi connectivity index (χ1) is 42.9. The van der Waals surface area contributed by atoms with E-state index in [1.807, 2.05) is 27.7 Å². The second-order valence-electron chi connectivity index (χ2n) is 41.9. The minimum absolute atomic E-state index is 0. The summed E-state index contributed by atoms with van der Waals surface area (Å²) in [5.74, 6) is 15.0. The van der Waals surface area contributed by atoms with Crippen molar-refractivity contribution in [3.63, 3.8) is 0 Å². The number of allylic oxidation sites excluding steroid dienone is 1. The summed E-state index contributed by atoms with van der Waals surface area (Å²) in [5, 5.41) is 64.5. The summed E-state index contributed by atoms with van der Waals surface area (Å²) in [6, 6.07) is 0. The topological polar surface area (TPSA) is 121 Å². The maximum atomic E-state index is 10.8. The van der Waals surface area contributed by atoms with Crippen molar-refractivity contribution in [1.82, 2.24) is 0 Å². The van der Waals surface area contributed by atoms with E-state index in [4.69, 9.17) is 0 Å². The normalized spacial score (nSPS) is 48.9. The largest absolute Gasteiger partial charge is 0.390 e. The zero-order chi connectivity index (χ0) is 68.5. The highest BCUT2D eigenvalue weighted by Gasteiger charge is 2.65. The lowest BCUT2D eigenvalue weighted by atomic mass is 9.43. The lowest BCUT2D eigenvalue weighted by Crippen LogP contribution is -2.55. The summed E-state index contributed by atoms with van der Waals surface area (Å²) in [6.45, 7) is 48.4. The predicted molar refractivity (Wildman–Crippen MR) is 396 cm³/mol. The number of aliphatic hydroxyl groups is 6. The molecular weight excluding hydrogens is 1150 g/mol. The van der Waals surface area contributed by atoms with Crippen LogP contribution in [0.1, 0.15) is 358 Å². The third-order valence-electron chi connectivity index (χ3n) is 35.6. The minimum atomic E-state index is -0.536. The van der Waals surface area contributed by atoms with Crippen LogP contribution >= 0.6 is 0 Å². The molecule has 0 spiro atoms. The third-order valence-corrected chi connectivity index (χ3v) is 35.6. The van der Waals surface area contributed by atoms with Gasteiger partial charge in [0.25, 0.3) is 0 Å². The van der Waals surface area contributed by atoms with Gasteiger partial charge in [-0.25, -0.2) is 0 Å². The molecule has 11 saturated carbocycles. The molecule has 0 aliphatic heterocycles. The Morgan fingerprint density at radius 2 is 0.691 bits per heavy atom. The average Bonchev–Trinajstić information content (AvgIpc) is 1.29. The van der Waals surface area contributed by atoms with E-state index in [1.165, 1.54) is 141 Å². The summed E-state index contributed by atoms with van der Waals surface area (Å²) >= 11 is 0.